The maximum Gasteiger partial charge on any atom is 0.316 e. The fourth-order valence-corrected chi connectivity index (χ4v) is 3.94. The monoisotopic (exact) mass is 349 g/mol. The summed E-state index contributed by atoms with van der Waals surface area (Å²) in [6, 6.07) is 6.47. The van der Waals surface area contributed by atoms with Gasteiger partial charge in [0.05, 0.1) is 5.75 Å². The van der Waals surface area contributed by atoms with E-state index >= 15 is 0 Å². The number of hydrogen-bond donors (Lipinski definition) is 0. The van der Waals surface area contributed by atoms with Crippen LogP contribution in [-0.4, -0.2) is 41.7 Å². The summed E-state index contributed by atoms with van der Waals surface area (Å²) in [5.41, 5.74) is 2.32. The van der Waals surface area contributed by atoms with Crippen molar-refractivity contribution in [3.63, 3.8) is 0 Å². The van der Waals surface area contributed by atoms with E-state index in [9.17, 15) is 9.59 Å². The van der Waals surface area contributed by atoms with Gasteiger partial charge in [0, 0.05) is 17.5 Å². The number of carbonyl (C=O) groups excluding carboxylic acids is 2. The minimum Gasteiger partial charge on any atom is -0.455 e. The van der Waals surface area contributed by atoms with Gasteiger partial charge in [-0.25, -0.2) is 0 Å². The average Bonchev–Trinajstić information content (AvgIpc) is 2.60. The normalized spacial score (nSPS) is 17.6. The molecule has 1 aromatic rings. The van der Waals surface area contributed by atoms with Crippen LogP contribution in [0.4, 0.5) is 0 Å². The molecule has 0 bridgehead atoms. The zero-order valence-corrected chi connectivity index (χ0v) is 15.7. The van der Waals surface area contributed by atoms with E-state index in [4.69, 9.17) is 4.74 Å². The average molecular weight is 349 g/mol. The standard InChI is InChI=1S/C19H27NO3S/c1-4-16-7-5-6-10-20(16)18(21)12-23-19(22)13-24-17-11-14(2)8-9-15(17)3/h8-9,11,16H,4-7,10,12-13H2,1-3H3. The summed E-state index contributed by atoms with van der Waals surface area (Å²) in [7, 11) is 0. The van der Waals surface area contributed by atoms with Gasteiger partial charge in [-0.1, -0.05) is 24.6 Å². The van der Waals surface area contributed by atoms with Gasteiger partial charge in [-0.15, -0.1) is 11.8 Å². The van der Waals surface area contributed by atoms with Crippen LogP contribution in [0.15, 0.2) is 23.1 Å². The molecule has 24 heavy (non-hydrogen) atoms. The zero-order chi connectivity index (χ0) is 17.5. The Hall–Kier alpha value is -1.49. The first-order valence-corrected chi connectivity index (χ1v) is 9.65. The van der Waals surface area contributed by atoms with Crippen molar-refractivity contribution in [3.05, 3.63) is 29.3 Å². The van der Waals surface area contributed by atoms with E-state index in [-0.39, 0.29) is 24.2 Å². The van der Waals surface area contributed by atoms with Gasteiger partial charge in [0.1, 0.15) is 0 Å². The highest BCUT2D eigenvalue weighted by atomic mass is 32.2. The highest BCUT2D eigenvalue weighted by Crippen LogP contribution is 2.24. The van der Waals surface area contributed by atoms with E-state index in [1.165, 1.54) is 23.7 Å². The lowest BCUT2D eigenvalue weighted by Crippen LogP contribution is -2.45. The summed E-state index contributed by atoms with van der Waals surface area (Å²) in [4.78, 5) is 27.2. The number of likely N-dealkylation sites (tertiary alicyclic amines) is 1. The SMILES string of the molecule is CCC1CCCCN1C(=O)COC(=O)CSc1cc(C)ccc1C. The molecule has 1 saturated heterocycles. The Kier molecular flexibility index (Phi) is 7.16. The van der Waals surface area contributed by atoms with Crippen molar-refractivity contribution in [1.82, 2.24) is 4.90 Å². The molecule has 1 atom stereocenters. The third kappa shape index (κ3) is 5.26. The first kappa shape index (κ1) is 18.8. The first-order chi connectivity index (χ1) is 11.5. The molecule has 0 saturated carbocycles. The molecule has 0 radical (unpaired) electrons. The number of thioether (sulfide) groups is 1. The van der Waals surface area contributed by atoms with Crippen LogP contribution in [0.1, 0.15) is 43.7 Å². The van der Waals surface area contributed by atoms with Crippen molar-refractivity contribution >= 4 is 23.6 Å². The molecule has 1 amide bonds. The second-order valence-corrected chi connectivity index (χ2v) is 7.38. The number of nitrogens with zero attached hydrogens (tertiary/aromatic N) is 1. The van der Waals surface area contributed by atoms with Crippen LogP contribution >= 0.6 is 11.8 Å². The molecule has 1 unspecified atom stereocenters. The molecule has 5 heteroatoms. The molecular weight excluding hydrogens is 322 g/mol. The summed E-state index contributed by atoms with van der Waals surface area (Å²) in [6.45, 7) is 6.80. The molecule has 4 nitrogen and oxygen atoms in total. The van der Waals surface area contributed by atoms with Gasteiger partial charge >= 0.3 is 5.97 Å². The van der Waals surface area contributed by atoms with Gasteiger partial charge in [0.15, 0.2) is 6.61 Å². The number of aryl methyl sites for hydroxylation is 2. The maximum atomic E-state index is 12.3. The number of esters is 1. The summed E-state index contributed by atoms with van der Waals surface area (Å²) in [6.07, 6.45) is 4.23. The maximum absolute atomic E-state index is 12.3. The van der Waals surface area contributed by atoms with Crippen LogP contribution in [0, 0.1) is 13.8 Å². The Labute approximate surface area is 148 Å². The van der Waals surface area contributed by atoms with E-state index in [1.807, 2.05) is 24.8 Å². The summed E-state index contributed by atoms with van der Waals surface area (Å²) >= 11 is 1.46. The van der Waals surface area contributed by atoms with Crippen LogP contribution in [-0.2, 0) is 14.3 Å². The number of hydrogen-bond acceptors (Lipinski definition) is 4. The second-order valence-electron chi connectivity index (χ2n) is 6.36. The van der Waals surface area contributed by atoms with E-state index in [2.05, 4.69) is 19.1 Å². The fraction of sp³-hybridized carbons (Fsp3) is 0.579. The largest absolute Gasteiger partial charge is 0.455 e. The van der Waals surface area contributed by atoms with Gasteiger partial charge in [0.2, 0.25) is 0 Å². The molecule has 0 aliphatic carbocycles. The van der Waals surface area contributed by atoms with E-state index < -0.39 is 0 Å². The Balaban J connectivity index is 1.78. The Morgan fingerprint density at radius 2 is 2.08 bits per heavy atom. The van der Waals surface area contributed by atoms with Crippen molar-refractivity contribution in [2.45, 2.75) is 57.4 Å². The Bertz CT molecular complexity index is 588. The second kappa shape index (κ2) is 9.11. The molecule has 1 aliphatic rings. The number of benzene rings is 1. The van der Waals surface area contributed by atoms with Gasteiger partial charge in [-0.05, 0) is 51.2 Å². The molecule has 1 heterocycles. The number of ether oxygens (including phenoxy) is 1. The number of amides is 1. The van der Waals surface area contributed by atoms with Crippen LogP contribution in [0.3, 0.4) is 0 Å². The van der Waals surface area contributed by atoms with E-state index in [1.54, 1.807) is 0 Å². The molecule has 0 spiro atoms. The van der Waals surface area contributed by atoms with Gasteiger partial charge < -0.3 is 9.64 Å². The van der Waals surface area contributed by atoms with Crippen molar-refractivity contribution in [1.29, 1.82) is 0 Å². The molecule has 0 aromatic heterocycles. The third-order valence-electron chi connectivity index (χ3n) is 4.46. The molecule has 132 valence electrons. The molecule has 1 fully saturated rings. The van der Waals surface area contributed by atoms with Gasteiger partial charge in [0.25, 0.3) is 5.91 Å². The Morgan fingerprint density at radius 1 is 1.29 bits per heavy atom. The predicted molar refractivity (Wildman–Crippen MR) is 97.2 cm³/mol. The topological polar surface area (TPSA) is 46.6 Å². The van der Waals surface area contributed by atoms with Crippen molar-refractivity contribution in [2.24, 2.45) is 0 Å². The predicted octanol–water partition coefficient (Wildman–Crippen LogP) is 3.73. The summed E-state index contributed by atoms with van der Waals surface area (Å²) < 4.78 is 5.19. The minimum absolute atomic E-state index is 0.0633. The molecule has 0 N–H and O–H groups in total. The fourth-order valence-electron chi connectivity index (χ4n) is 3.02. The lowest BCUT2D eigenvalue weighted by molar-refractivity contribution is -0.151. The van der Waals surface area contributed by atoms with E-state index in [0.717, 1.165) is 36.3 Å². The van der Waals surface area contributed by atoms with Crippen molar-refractivity contribution in [3.8, 4) is 0 Å². The van der Waals surface area contributed by atoms with Crippen LogP contribution in [0.25, 0.3) is 0 Å². The molecule has 1 aliphatic heterocycles. The highest BCUT2D eigenvalue weighted by Gasteiger charge is 2.25. The quantitative estimate of drug-likeness (QED) is 0.580. The molecule has 2 rings (SSSR count). The van der Waals surface area contributed by atoms with Gasteiger partial charge in [-0.3, -0.25) is 9.59 Å². The summed E-state index contributed by atoms with van der Waals surface area (Å²) in [5.74, 6) is -0.166. The number of rotatable bonds is 6. The molecule has 1 aromatic carbocycles. The first-order valence-electron chi connectivity index (χ1n) is 8.66. The smallest absolute Gasteiger partial charge is 0.316 e. The van der Waals surface area contributed by atoms with Crippen LogP contribution in [0.2, 0.25) is 0 Å². The van der Waals surface area contributed by atoms with Gasteiger partial charge in [-0.2, -0.15) is 0 Å². The number of piperidine rings is 1. The van der Waals surface area contributed by atoms with Crippen molar-refractivity contribution < 1.29 is 14.3 Å². The van der Waals surface area contributed by atoms with Crippen molar-refractivity contribution in [2.75, 3.05) is 18.9 Å². The minimum atomic E-state index is -0.334. The number of carbonyl (C=O) groups is 2. The lowest BCUT2D eigenvalue weighted by atomic mass is 10.00. The Morgan fingerprint density at radius 3 is 2.83 bits per heavy atom. The van der Waals surface area contributed by atoms with E-state index in [0.29, 0.717) is 6.04 Å². The highest BCUT2D eigenvalue weighted by molar-refractivity contribution is 8.00. The third-order valence-corrected chi connectivity index (χ3v) is 5.60. The zero-order valence-electron chi connectivity index (χ0n) is 14.8. The van der Waals surface area contributed by atoms with Crippen LogP contribution in [0.5, 0.6) is 0 Å². The summed E-state index contributed by atoms with van der Waals surface area (Å²) in [5, 5.41) is 0. The van der Waals surface area contributed by atoms with Crippen LogP contribution < -0.4 is 0 Å². The lowest BCUT2D eigenvalue weighted by Gasteiger charge is -2.35. The molecular formula is C19H27NO3S.